The molecule has 4 rings (SSSR count). The minimum absolute atomic E-state index is 0.373. The average Bonchev–Trinajstić information content (AvgIpc) is 2.93. The lowest BCUT2D eigenvalue weighted by Gasteiger charge is -2.32. The molecule has 5 heteroatoms. The molecule has 22 heavy (non-hydrogen) atoms. The van der Waals surface area contributed by atoms with Crippen LogP contribution in [0.15, 0.2) is 40.8 Å². The maximum absolute atomic E-state index is 6.05. The average molecular weight is 295 g/mol. The maximum Gasteiger partial charge on any atom is 0.514 e. The van der Waals surface area contributed by atoms with Gasteiger partial charge in [-0.05, 0) is 45.9 Å². The summed E-state index contributed by atoms with van der Waals surface area (Å²) in [6.45, 7) is 8.14. The van der Waals surface area contributed by atoms with Crippen molar-refractivity contribution in [2.45, 2.75) is 38.9 Å². The number of benzene rings is 1. The molecule has 2 aromatic heterocycles. The van der Waals surface area contributed by atoms with Gasteiger partial charge in [-0.1, -0.05) is 18.2 Å². The predicted molar refractivity (Wildman–Crippen MR) is 87.2 cm³/mol. The van der Waals surface area contributed by atoms with Crippen molar-refractivity contribution in [3.8, 4) is 0 Å². The molecule has 0 spiro atoms. The van der Waals surface area contributed by atoms with Crippen molar-refractivity contribution in [3.63, 3.8) is 0 Å². The highest BCUT2D eigenvalue weighted by atomic mass is 16.7. The van der Waals surface area contributed by atoms with Gasteiger partial charge in [-0.2, -0.15) is 0 Å². The van der Waals surface area contributed by atoms with Crippen LogP contribution in [-0.4, -0.2) is 23.3 Å². The Morgan fingerprint density at radius 2 is 1.55 bits per heavy atom. The number of rotatable bonds is 1. The Morgan fingerprint density at radius 1 is 0.864 bits per heavy atom. The van der Waals surface area contributed by atoms with E-state index in [0.717, 1.165) is 21.9 Å². The molecule has 1 fully saturated rings. The third-order valence-corrected chi connectivity index (χ3v) is 4.76. The van der Waals surface area contributed by atoms with E-state index < -0.39 is 7.12 Å². The highest BCUT2D eigenvalue weighted by molar-refractivity contribution is 6.61. The molecular weight excluding hydrogens is 277 g/mol. The first kappa shape index (κ1) is 13.8. The van der Waals surface area contributed by atoms with Gasteiger partial charge in [-0.25, -0.2) is 4.98 Å². The number of pyridine rings is 1. The molecule has 0 unspecified atom stereocenters. The molecule has 1 aliphatic heterocycles. The summed E-state index contributed by atoms with van der Waals surface area (Å²) >= 11 is 0. The van der Waals surface area contributed by atoms with Gasteiger partial charge in [0.15, 0.2) is 0 Å². The van der Waals surface area contributed by atoms with Crippen LogP contribution in [0.25, 0.3) is 22.1 Å². The van der Waals surface area contributed by atoms with Crippen LogP contribution in [0.1, 0.15) is 27.7 Å². The lowest BCUT2D eigenvalue weighted by Crippen LogP contribution is -2.41. The van der Waals surface area contributed by atoms with Gasteiger partial charge in [0, 0.05) is 10.8 Å². The van der Waals surface area contributed by atoms with E-state index in [2.05, 4.69) is 4.98 Å². The van der Waals surface area contributed by atoms with Crippen molar-refractivity contribution >= 4 is 34.8 Å². The fraction of sp³-hybridized carbons (Fsp3) is 0.353. The van der Waals surface area contributed by atoms with Crippen molar-refractivity contribution < 1.29 is 13.7 Å². The second-order valence-corrected chi connectivity index (χ2v) is 6.78. The number of furan rings is 1. The fourth-order valence-electron chi connectivity index (χ4n) is 2.71. The van der Waals surface area contributed by atoms with Gasteiger partial charge >= 0.3 is 7.12 Å². The molecular formula is C17H18BNO3. The van der Waals surface area contributed by atoms with E-state index in [9.17, 15) is 0 Å². The summed E-state index contributed by atoms with van der Waals surface area (Å²) in [5.74, 6) is 0. The van der Waals surface area contributed by atoms with Crippen molar-refractivity contribution in [1.29, 1.82) is 0 Å². The zero-order valence-electron chi connectivity index (χ0n) is 13.2. The van der Waals surface area contributed by atoms with Gasteiger partial charge in [0.25, 0.3) is 0 Å². The molecule has 1 saturated heterocycles. The lowest BCUT2D eigenvalue weighted by molar-refractivity contribution is 0.00578. The maximum atomic E-state index is 6.05. The normalized spacial score (nSPS) is 20.1. The van der Waals surface area contributed by atoms with E-state index in [0.29, 0.717) is 5.71 Å². The van der Waals surface area contributed by atoms with E-state index in [1.165, 1.54) is 0 Å². The quantitative estimate of drug-likeness (QED) is 0.646. The fourth-order valence-corrected chi connectivity index (χ4v) is 2.71. The molecule has 0 aliphatic carbocycles. The summed E-state index contributed by atoms with van der Waals surface area (Å²) in [5.41, 5.74) is 1.46. The smallest absolute Gasteiger partial charge is 0.438 e. The summed E-state index contributed by atoms with van der Waals surface area (Å²) < 4.78 is 17.9. The van der Waals surface area contributed by atoms with Crippen LogP contribution < -0.4 is 5.59 Å². The Bertz CT molecular complexity index is 853. The molecule has 112 valence electrons. The van der Waals surface area contributed by atoms with Crippen molar-refractivity contribution in [3.05, 3.63) is 36.4 Å². The molecule has 4 nitrogen and oxygen atoms in total. The number of para-hydroxylation sites is 1. The Labute approximate surface area is 129 Å². The van der Waals surface area contributed by atoms with E-state index in [1.54, 1.807) is 0 Å². The van der Waals surface area contributed by atoms with Crippen molar-refractivity contribution in [2.75, 3.05) is 0 Å². The third-order valence-electron chi connectivity index (χ3n) is 4.76. The van der Waals surface area contributed by atoms with Gasteiger partial charge in [0.2, 0.25) is 5.71 Å². The topological polar surface area (TPSA) is 44.5 Å². The third kappa shape index (κ3) is 1.89. The van der Waals surface area contributed by atoms with Crippen LogP contribution in [0.3, 0.4) is 0 Å². The molecule has 0 radical (unpaired) electrons. The molecule has 3 heterocycles. The second-order valence-electron chi connectivity index (χ2n) is 6.78. The monoisotopic (exact) mass is 295 g/mol. The molecule has 0 saturated carbocycles. The summed E-state index contributed by atoms with van der Waals surface area (Å²) in [6, 6.07) is 11.9. The summed E-state index contributed by atoms with van der Waals surface area (Å²) in [5, 5.41) is 2.08. The highest BCUT2D eigenvalue weighted by Crippen LogP contribution is 2.36. The zero-order valence-corrected chi connectivity index (χ0v) is 13.2. The molecule has 1 aliphatic rings. The summed E-state index contributed by atoms with van der Waals surface area (Å²) in [4.78, 5) is 4.61. The first-order valence-corrected chi connectivity index (χ1v) is 7.51. The molecule has 0 amide bonds. The number of nitrogens with zero attached hydrogens (tertiary/aromatic N) is 1. The van der Waals surface area contributed by atoms with E-state index in [4.69, 9.17) is 13.7 Å². The van der Waals surface area contributed by atoms with Crippen LogP contribution in [0.5, 0.6) is 0 Å². The minimum atomic E-state index is -0.470. The largest absolute Gasteiger partial charge is 0.514 e. The predicted octanol–water partition coefficient (Wildman–Crippen LogP) is 3.28. The SMILES string of the molecule is CC1(C)OB(c2ccc3c(n2)oc2ccccc23)OC1(C)C. The number of hydrogen-bond donors (Lipinski definition) is 0. The van der Waals surface area contributed by atoms with E-state index >= 15 is 0 Å². The molecule has 0 N–H and O–H groups in total. The van der Waals surface area contributed by atoms with Gasteiger partial charge in [0.05, 0.1) is 16.8 Å². The van der Waals surface area contributed by atoms with Gasteiger partial charge < -0.3 is 13.7 Å². The molecule has 0 atom stereocenters. The van der Waals surface area contributed by atoms with Gasteiger partial charge in [0.1, 0.15) is 5.58 Å². The summed E-state index contributed by atoms with van der Waals surface area (Å²) in [6.07, 6.45) is 0. The Morgan fingerprint density at radius 3 is 2.27 bits per heavy atom. The first-order valence-electron chi connectivity index (χ1n) is 7.51. The van der Waals surface area contributed by atoms with Gasteiger partial charge in [-0.15, -0.1) is 0 Å². The number of aromatic nitrogens is 1. The summed E-state index contributed by atoms with van der Waals surface area (Å²) in [7, 11) is -0.470. The van der Waals surface area contributed by atoms with Crippen LogP contribution in [0, 0.1) is 0 Å². The van der Waals surface area contributed by atoms with Crippen LogP contribution in [0.2, 0.25) is 0 Å². The van der Waals surface area contributed by atoms with Crippen molar-refractivity contribution in [2.24, 2.45) is 0 Å². The molecule has 0 bridgehead atoms. The Kier molecular flexibility index (Phi) is 2.72. The molecule has 3 aromatic rings. The van der Waals surface area contributed by atoms with Crippen LogP contribution in [0.4, 0.5) is 0 Å². The standard InChI is InChI=1S/C17H18BNO3/c1-16(2)17(3,4)22-18(21-16)14-10-9-12-11-7-5-6-8-13(11)20-15(12)19-14/h5-10H,1-4H3. The zero-order chi connectivity index (χ0) is 15.5. The number of hydrogen-bond acceptors (Lipinski definition) is 4. The van der Waals surface area contributed by atoms with Crippen LogP contribution in [-0.2, 0) is 9.31 Å². The first-order chi connectivity index (χ1) is 10.4. The minimum Gasteiger partial charge on any atom is -0.438 e. The van der Waals surface area contributed by atoms with E-state index in [1.807, 2.05) is 64.1 Å². The van der Waals surface area contributed by atoms with Gasteiger partial charge in [-0.3, -0.25) is 0 Å². The molecule has 1 aromatic carbocycles. The van der Waals surface area contributed by atoms with Crippen molar-refractivity contribution in [1.82, 2.24) is 4.98 Å². The lowest BCUT2D eigenvalue weighted by atomic mass is 9.84. The second kappa shape index (κ2) is 4.34. The number of fused-ring (bicyclic) bond motifs is 3. The Balaban J connectivity index is 1.79. The Hall–Kier alpha value is -1.85. The van der Waals surface area contributed by atoms with Crippen LogP contribution >= 0.6 is 0 Å². The van der Waals surface area contributed by atoms with E-state index in [-0.39, 0.29) is 11.2 Å². The highest BCUT2D eigenvalue weighted by Gasteiger charge is 2.52.